The normalized spacial score (nSPS) is 14.8. The second-order valence-corrected chi connectivity index (χ2v) is 11.3. The van der Waals surface area contributed by atoms with Crippen molar-refractivity contribution in [3.05, 3.63) is 108 Å². The van der Waals surface area contributed by atoms with Crippen molar-refractivity contribution in [3.63, 3.8) is 0 Å². The standard InChI is InChI=1S/C36H39N3O7/c1-2-22-44-35(42)32(16-17-34(41)45-24-26-10-4-3-5-11-26)37-33(40)23-38-18-20-39(21-19-38)36(43)46-25-31-29-14-8-6-12-27(29)28-13-7-9-15-30(28)31/h2-15,31-32H,1,16-25H2,(H,37,40)/t32-/m1/s1. The van der Waals surface area contributed by atoms with E-state index in [-0.39, 0.29) is 57.1 Å². The van der Waals surface area contributed by atoms with Crippen LogP contribution < -0.4 is 5.32 Å². The number of carbonyl (C=O) groups excluding carboxylic acids is 4. The number of hydrogen-bond donors (Lipinski definition) is 1. The number of nitrogens with one attached hydrogen (secondary N) is 1. The molecule has 1 fully saturated rings. The van der Waals surface area contributed by atoms with Gasteiger partial charge in [0.15, 0.2) is 0 Å². The smallest absolute Gasteiger partial charge is 0.409 e. The minimum absolute atomic E-state index is 0.0124. The average Bonchev–Trinajstić information content (AvgIpc) is 3.41. The Labute approximate surface area is 268 Å². The van der Waals surface area contributed by atoms with Crippen LogP contribution >= 0.6 is 0 Å². The molecule has 0 aromatic heterocycles. The number of fused-ring (bicyclic) bond motifs is 3. The van der Waals surface area contributed by atoms with Gasteiger partial charge in [-0.15, -0.1) is 0 Å². The Morgan fingerprint density at radius 3 is 2.11 bits per heavy atom. The summed E-state index contributed by atoms with van der Waals surface area (Å²) in [5, 5.41) is 2.70. The molecule has 2 aliphatic rings. The molecule has 46 heavy (non-hydrogen) atoms. The average molecular weight is 626 g/mol. The molecule has 1 N–H and O–H groups in total. The maximum atomic E-state index is 13.0. The molecule has 1 aliphatic carbocycles. The predicted molar refractivity (Wildman–Crippen MR) is 172 cm³/mol. The van der Waals surface area contributed by atoms with Gasteiger partial charge in [-0.1, -0.05) is 91.5 Å². The molecule has 1 saturated heterocycles. The van der Waals surface area contributed by atoms with E-state index in [0.717, 1.165) is 16.7 Å². The van der Waals surface area contributed by atoms with Crippen molar-refractivity contribution in [2.45, 2.75) is 31.4 Å². The molecule has 1 heterocycles. The Hall–Kier alpha value is -4.96. The maximum absolute atomic E-state index is 13.0. The maximum Gasteiger partial charge on any atom is 0.409 e. The van der Waals surface area contributed by atoms with Crippen LogP contribution in [-0.2, 0) is 35.2 Å². The van der Waals surface area contributed by atoms with Gasteiger partial charge in [0.2, 0.25) is 5.91 Å². The number of piperazine rings is 1. The monoisotopic (exact) mass is 625 g/mol. The zero-order valence-corrected chi connectivity index (χ0v) is 25.8. The van der Waals surface area contributed by atoms with Gasteiger partial charge in [0, 0.05) is 38.5 Å². The van der Waals surface area contributed by atoms with Gasteiger partial charge in [-0.2, -0.15) is 0 Å². The molecule has 1 atom stereocenters. The first kappa shape index (κ1) is 32.4. The lowest BCUT2D eigenvalue weighted by Crippen LogP contribution is -2.53. The summed E-state index contributed by atoms with van der Waals surface area (Å²) in [7, 11) is 0. The topological polar surface area (TPSA) is 114 Å². The number of benzene rings is 3. The Balaban J connectivity index is 1.06. The molecule has 0 saturated carbocycles. The van der Waals surface area contributed by atoms with Gasteiger partial charge in [-0.05, 0) is 34.2 Å². The minimum atomic E-state index is -1.01. The van der Waals surface area contributed by atoms with Crippen LogP contribution in [0.3, 0.4) is 0 Å². The molecule has 5 rings (SSSR count). The van der Waals surface area contributed by atoms with Crippen molar-refractivity contribution < 1.29 is 33.4 Å². The quantitative estimate of drug-likeness (QED) is 0.170. The van der Waals surface area contributed by atoms with Gasteiger partial charge in [0.1, 0.15) is 25.9 Å². The van der Waals surface area contributed by atoms with E-state index in [9.17, 15) is 19.2 Å². The zero-order chi connectivity index (χ0) is 32.3. The van der Waals surface area contributed by atoms with Gasteiger partial charge in [-0.25, -0.2) is 9.59 Å². The molecule has 240 valence electrons. The number of ether oxygens (including phenoxy) is 3. The fourth-order valence-corrected chi connectivity index (χ4v) is 5.78. The van der Waals surface area contributed by atoms with E-state index in [4.69, 9.17) is 14.2 Å². The molecule has 3 aromatic rings. The highest BCUT2D eigenvalue weighted by molar-refractivity contribution is 5.86. The highest BCUT2D eigenvalue weighted by Gasteiger charge is 2.31. The summed E-state index contributed by atoms with van der Waals surface area (Å²) in [5.74, 6) is -1.53. The van der Waals surface area contributed by atoms with E-state index in [2.05, 4.69) is 36.2 Å². The minimum Gasteiger partial charge on any atom is -0.461 e. The van der Waals surface area contributed by atoms with E-state index in [0.29, 0.717) is 26.2 Å². The Kier molecular flexibility index (Phi) is 11.2. The van der Waals surface area contributed by atoms with E-state index in [1.807, 2.05) is 59.5 Å². The van der Waals surface area contributed by atoms with Crippen molar-refractivity contribution in [1.82, 2.24) is 15.1 Å². The van der Waals surface area contributed by atoms with Crippen LogP contribution in [0.25, 0.3) is 11.1 Å². The van der Waals surface area contributed by atoms with E-state index < -0.39 is 18.0 Å². The van der Waals surface area contributed by atoms with Gasteiger partial charge in [-0.3, -0.25) is 14.5 Å². The largest absolute Gasteiger partial charge is 0.461 e. The van der Waals surface area contributed by atoms with Crippen molar-refractivity contribution in [2.75, 3.05) is 45.9 Å². The summed E-state index contributed by atoms with van der Waals surface area (Å²) in [6.07, 6.45) is 1.01. The van der Waals surface area contributed by atoms with E-state index in [1.165, 1.54) is 17.2 Å². The number of rotatable bonds is 13. The fourth-order valence-electron chi connectivity index (χ4n) is 5.78. The lowest BCUT2D eigenvalue weighted by Gasteiger charge is -2.34. The van der Waals surface area contributed by atoms with Crippen molar-refractivity contribution >= 4 is 23.9 Å². The Morgan fingerprint density at radius 2 is 1.46 bits per heavy atom. The third kappa shape index (κ3) is 8.39. The second-order valence-electron chi connectivity index (χ2n) is 11.3. The van der Waals surface area contributed by atoms with Crippen molar-refractivity contribution in [3.8, 4) is 11.1 Å². The summed E-state index contributed by atoms with van der Waals surface area (Å²) in [5.41, 5.74) is 5.51. The summed E-state index contributed by atoms with van der Waals surface area (Å²) in [6, 6.07) is 24.7. The van der Waals surface area contributed by atoms with E-state index >= 15 is 0 Å². The fraction of sp³-hybridized carbons (Fsp3) is 0.333. The molecule has 1 aliphatic heterocycles. The number of esters is 2. The van der Waals surface area contributed by atoms with Gasteiger partial charge in [0.25, 0.3) is 0 Å². The van der Waals surface area contributed by atoms with Gasteiger partial charge < -0.3 is 24.4 Å². The van der Waals surface area contributed by atoms with E-state index in [1.54, 1.807) is 4.90 Å². The van der Waals surface area contributed by atoms with Crippen molar-refractivity contribution in [2.24, 2.45) is 0 Å². The van der Waals surface area contributed by atoms with Gasteiger partial charge >= 0.3 is 18.0 Å². The Morgan fingerprint density at radius 1 is 0.826 bits per heavy atom. The molecule has 0 bridgehead atoms. The predicted octanol–water partition coefficient (Wildman–Crippen LogP) is 4.29. The third-order valence-electron chi connectivity index (χ3n) is 8.18. The first-order chi connectivity index (χ1) is 22.4. The molecule has 2 amide bonds. The Bertz CT molecular complexity index is 1490. The number of amides is 2. The summed E-state index contributed by atoms with van der Waals surface area (Å²) < 4.78 is 16.2. The summed E-state index contributed by atoms with van der Waals surface area (Å²) >= 11 is 0. The van der Waals surface area contributed by atoms with Crippen LogP contribution in [0, 0.1) is 0 Å². The van der Waals surface area contributed by atoms with Gasteiger partial charge in [0.05, 0.1) is 6.54 Å². The third-order valence-corrected chi connectivity index (χ3v) is 8.18. The van der Waals surface area contributed by atoms with Crippen LogP contribution in [0.5, 0.6) is 0 Å². The molecule has 3 aromatic carbocycles. The second kappa shape index (κ2) is 15.9. The molecule has 0 spiro atoms. The number of nitrogens with zero attached hydrogens (tertiary/aromatic N) is 2. The van der Waals surface area contributed by atoms with Crippen LogP contribution in [0.1, 0.15) is 35.4 Å². The van der Waals surface area contributed by atoms with Crippen LogP contribution in [0.4, 0.5) is 4.79 Å². The highest BCUT2D eigenvalue weighted by Crippen LogP contribution is 2.44. The number of carbonyl (C=O) groups is 4. The molecule has 0 radical (unpaired) electrons. The van der Waals surface area contributed by atoms with Crippen LogP contribution in [-0.4, -0.2) is 85.7 Å². The molecule has 0 unspecified atom stereocenters. The van der Waals surface area contributed by atoms with Crippen LogP contribution in [0.15, 0.2) is 91.5 Å². The lowest BCUT2D eigenvalue weighted by atomic mass is 9.98. The molecule has 10 heteroatoms. The lowest BCUT2D eigenvalue weighted by molar-refractivity contribution is -0.149. The van der Waals surface area contributed by atoms with Crippen molar-refractivity contribution in [1.29, 1.82) is 0 Å². The van der Waals surface area contributed by atoms with Crippen LogP contribution in [0.2, 0.25) is 0 Å². The SMILES string of the molecule is C=CCOC(=O)[C@@H](CCC(=O)OCc1ccccc1)NC(=O)CN1CCN(C(=O)OCC2c3ccccc3-c3ccccc32)CC1. The molecule has 10 nitrogen and oxygen atoms in total. The zero-order valence-electron chi connectivity index (χ0n) is 25.8. The molecular weight excluding hydrogens is 586 g/mol. The summed E-state index contributed by atoms with van der Waals surface area (Å²) in [6.45, 7) is 5.68. The highest BCUT2D eigenvalue weighted by atomic mass is 16.6. The molecular formula is C36H39N3O7. The first-order valence-electron chi connectivity index (χ1n) is 15.5. The summed E-state index contributed by atoms with van der Waals surface area (Å²) in [4.78, 5) is 54.4. The first-order valence-corrected chi connectivity index (χ1v) is 15.5. The number of hydrogen-bond acceptors (Lipinski definition) is 8.